The number of benzene rings is 1. The van der Waals surface area contributed by atoms with Crippen LogP contribution in [0.5, 0.6) is 0 Å². The van der Waals surface area contributed by atoms with Crippen LogP contribution in [0.4, 0.5) is 0 Å². The largest absolute Gasteiger partial charge is 0.393 e. The summed E-state index contributed by atoms with van der Waals surface area (Å²) < 4.78 is 0. The zero-order valence-corrected chi connectivity index (χ0v) is 13.3. The molecular weight excluding hydrogens is 302 g/mol. The molecule has 0 saturated carbocycles. The van der Waals surface area contributed by atoms with Crippen LogP contribution in [0.1, 0.15) is 23.5 Å². The Labute approximate surface area is 133 Å². The third-order valence-electron chi connectivity index (χ3n) is 3.12. The number of thiocarbonyl (C=S) groups is 1. The maximum absolute atomic E-state index is 12.4. The van der Waals surface area contributed by atoms with Gasteiger partial charge < -0.3 is 11.1 Å². The molecule has 0 spiro atoms. The van der Waals surface area contributed by atoms with Crippen molar-refractivity contribution in [3.8, 4) is 0 Å². The lowest BCUT2D eigenvalue weighted by Crippen LogP contribution is -2.40. The van der Waals surface area contributed by atoms with E-state index in [1.54, 1.807) is 6.20 Å². The third kappa shape index (κ3) is 4.34. The molecule has 4 nitrogen and oxygen atoms in total. The lowest BCUT2D eigenvalue weighted by molar-refractivity contribution is -0.123. The Balaban J connectivity index is 2.04. The first-order valence-corrected chi connectivity index (χ1v) is 7.89. The average Bonchev–Trinajstić information content (AvgIpc) is 2.99. The zero-order valence-electron chi connectivity index (χ0n) is 11.7. The lowest BCUT2D eigenvalue weighted by atomic mass is 9.98. The molecule has 0 aliphatic rings. The van der Waals surface area contributed by atoms with Gasteiger partial charge in [-0.1, -0.05) is 42.5 Å². The molecule has 0 bridgehead atoms. The summed E-state index contributed by atoms with van der Waals surface area (Å²) in [4.78, 5) is 16.8. The highest BCUT2D eigenvalue weighted by atomic mass is 32.1. The van der Waals surface area contributed by atoms with Crippen molar-refractivity contribution in [2.75, 3.05) is 0 Å². The Kier molecular flexibility index (Phi) is 5.41. The number of amides is 1. The van der Waals surface area contributed by atoms with Crippen LogP contribution < -0.4 is 11.1 Å². The van der Waals surface area contributed by atoms with Gasteiger partial charge in [0, 0.05) is 11.6 Å². The smallest absolute Gasteiger partial charge is 0.230 e. The van der Waals surface area contributed by atoms with Gasteiger partial charge in [-0.25, -0.2) is 4.98 Å². The highest BCUT2D eigenvalue weighted by Crippen LogP contribution is 2.16. The van der Waals surface area contributed by atoms with Gasteiger partial charge in [-0.2, -0.15) is 0 Å². The molecule has 21 heavy (non-hydrogen) atoms. The van der Waals surface area contributed by atoms with Gasteiger partial charge >= 0.3 is 0 Å². The molecule has 0 radical (unpaired) electrons. The summed E-state index contributed by atoms with van der Waals surface area (Å²) in [6, 6.07) is 9.57. The van der Waals surface area contributed by atoms with Crippen LogP contribution in [0, 0.1) is 5.92 Å². The number of nitrogens with two attached hydrogens (primary N) is 1. The predicted molar refractivity (Wildman–Crippen MR) is 89.1 cm³/mol. The van der Waals surface area contributed by atoms with E-state index in [-0.39, 0.29) is 16.9 Å². The van der Waals surface area contributed by atoms with Crippen LogP contribution in [0.15, 0.2) is 41.9 Å². The van der Waals surface area contributed by atoms with E-state index in [9.17, 15) is 4.79 Å². The molecule has 0 fully saturated rings. The molecule has 3 N–H and O–H groups in total. The van der Waals surface area contributed by atoms with Crippen LogP contribution in [-0.4, -0.2) is 15.9 Å². The normalized spacial score (nSPS) is 13.4. The number of carbonyl (C=O) groups is 1. The molecule has 1 amide bonds. The maximum atomic E-state index is 12.4. The van der Waals surface area contributed by atoms with Crippen LogP contribution >= 0.6 is 23.6 Å². The molecule has 1 aromatic carbocycles. The first-order valence-electron chi connectivity index (χ1n) is 6.61. The quantitative estimate of drug-likeness (QED) is 0.803. The summed E-state index contributed by atoms with van der Waals surface area (Å²) in [6.45, 7) is 1.90. The van der Waals surface area contributed by atoms with Crippen molar-refractivity contribution in [1.82, 2.24) is 10.3 Å². The van der Waals surface area contributed by atoms with Crippen molar-refractivity contribution >= 4 is 34.5 Å². The number of rotatable bonds is 6. The monoisotopic (exact) mass is 319 g/mol. The third-order valence-corrected chi connectivity index (χ3v) is 4.37. The van der Waals surface area contributed by atoms with Crippen molar-refractivity contribution in [2.45, 2.75) is 19.4 Å². The minimum Gasteiger partial charge on any atom is -0.393 e. The standard InChI is InChI=1S/C15H17N3OS2/c1-10(15-17-7-8-21-15)18-14(19)12(13(16)20)9-11-5-3-2-4-6-11/h2-8,10,12H,9H2,1H3,(H2,16,20)(H,18,19). The summed E-state index contributed by atoms with van der Waals surface area (Å²) in [5.41, 5.74) is 6.77. The predicted octanol–water partition coefficient (Wildman–Crippen LogP) is 2.47. The van der Waals surface area contributed by atoms with Gasteiger partial charge in [-0.05, 0) is 18.9 Å². The Morgan fingerprint density at radius 1 is 1.43 bits per heavy atom. The molecule has 6 heteroatoms. The topological polar surface area (TPSA) is 68.0 Å². The highest BCUT2D eigenvalue weighted by molar-refractivity contribution is 7.80. The van der Waals surface area contributed by atoms with E-state index in [4.69, 9.17) is 18.0 Å². The first kappa shape index (κ1) is 15.6. The first-order chi connectivity index (χ1) is 10.1. The number of aromatic nitrogens is 1. The zero-order chi connectivity index (χ0) is 15.2. The Bertz CT molecular complexity index is 599. The minimum atomic E-state index is -0.509. The second-order valence-electron chi connectivity index (χ2n) is 4.75. The highest BCUT2D eigenvalue weighted by Gasteiger charge is 2.24. The van der Waals surface area contributed by atoms with Gasteiger partial charge in [0.2, 0.25) is 5.91 Å². The van der Waals surface area contributed by atoms with Crippen LogP contribution in [0.3, 0.4) is 0 Å². The van der Waals surface area contributed by atoms with Crippen molar-refractivity contribution in [1.29, 1.82) is 0 Å². The van der Waals surface area contributed by atoms with Crippen molar-refractivity contribution in [2.24, 2.45) is 11.7 Å². The molecule has 2 unspecified atom stereocenters. The van der Waals surface area contributed by atoms with E-state index in [1.165, 1.54) is 11.3 Å². The fraction of sp³-hybridized carbons (Fsp3) is 0.267. The van der Waals surface area contributed by atoms with Crippen molar-refractivity contribution < 1.29 is 4.79 Å². The van der Waals surface area contributed by atoms with Crippen LogP contribution in [0.2, 0.25) is 0 Å². The summed E-state index contributed by atoms with van der Waals surface area (Å²) in [5, 5.41) is 5.67. The van der Waals surface area contributed by atoms with Crippen molar-refractivity contribution in [3.05, 3.63) is 52.5 Å². The van der Waals surface area contributed by atoms with Gasteiger partial charge in [-0.15, -0.1) is 11.3 Å². The van der Waals surface area contributed by atoms with Gasteiger partial charge in [0.25, 0.3) is 0 Å². The van der Waals surface area contributed by atoms with E-state index in [0.29, 0.717) is 6.42 Å². The van der Waals surface area contributed by atoms with Crippen LogP contribution in [-0.2, 0) is 11.2 Å². The minimum absolute atomic E-state index is 0.148. The summed E-state index contributed by atoms with van der Waals surface area (Å²) in [5.74, 6) is -0.668. The van der Waals surface area contributed by atoms with Crippen LogP contribution in [0.25, 0.3) is 0 Å². The summed E-state index contributed by atoms with van der Waals surface area (Å²) in [7, 11) is 0. The number of nitrogens with zero attached hydrogens (tertiary/aromatic N) is 1. The molecule has 2 rings (SSSR count). The van der Waals surface area contributed by atoms with Crippen molar-refractivity contribution in [3.63, 3.8) is 0 Å². The second kappa shape index (κ2) is 7.28. The maximum Gasteiger partial charge on any atom is 0.230 e. The number of hydrogen-bond donors (Lipinski definition) is 2. The van der Waals surface area contributed by atoms with Gasteiger partial charge in [-0.3, -0.25) is 4.79 Å². The number of carbonyl (C=O) groups excluding carboxylic acids is 1. The Morgan fingerprint density at radius 2 is 2.14 bits per heavy atom. The summed E-state index contributed by atoms with van der Waals surface area (Å²) in [6.07, 6.45) is 2.23. The Hall–Kier alpha value is -1.79. The number of nitrogens with one attached hydrogen (secondary N) is 1. The molecule has 0 aliphatic carbocycles. The fourth-order valence-corrected chi connectivity index (χ4v) is 2.83. The molecule has 110 valence electrons. The summed E-state index contributed by atoms with van der Waals surface area (Å²) >= 11 is 6.56. The lowest BCUT2D eigenvalue weighted by Gasteiger charge is -2.18. The Morgan fingerprint density at radius 3 is 2.71 bits per heavy atom. The van der Waals surface area contributed by atoms with E-state index in [1.807, 2.05) is 42.6 Å². The van der Waals surface area contributed by atoms with Gasteiger partial charge in [0.1, 0.15) is 5.01 Å². The van der Waals surface area contributed by atoms with E-state index in [2.05, 4.69) is 10.3 Å². The molecular formula is C15H17N3OS2. The molecule has 2 aromatic rings. The van der Waals surface area contributed by atoms with E-state index in [0.717, 1.165) is 10.6 Å². The van der Waals surface area contributed by atoms with E-state index < -0.39 is 5.92 Å². The molecule has 1 heterocycles. The van der Waals surface area contributed by atoms with Gasteiger partial charge in [0.15, 0.2) is 0 Å². The average molecular weight is 319 g/mol. The molecule has 1 aromatic heterocycles. The SMILES string of the molecule is CC(NC(=O)C(Cc1ccccc1)C(N)=S)c1nccs1. The molecule has 0 saturated heterocycles. The molecule has 2 atom stereocenters. The second-order valence-corrected chi connectivity index (χ2v) is 6.14. The van der Waals surface area contributed by atoms with E-state index >= 15 is 0 Å². The molecule has 0 aliphatic heterocycles. The number of hydrogen-bond acceptors (Lipinski definition) is 4. The number of thiazole rings is 1. The fourth-order valence-electron chi connectivity index (χ4n) is 2.00. The van der Waals surface area contributed by atoms with Gasteiger partial charge in [0.05, 0.1) is 16.9 Å².